The Labute approximate surface area is 75.4 Å². The fourth-order valence-electron chi connectivity index (χ4n) is 0.675. The zero-order chi connectivity index (χ0) is 9.68. The molecule has 0 amide bonds. The maximum Gasteiger partial charge on any atom is 0.332 e. The number of hydrogen-bond donors (Lipinski definition) is 1. The summed E-state index contributed by atoms with van der Waals surface area (Å²) in [5, 5.41) is 8.49. The van der Waals surface area contributed by atoms with Gasteiger partial charge in [0.15, 0.2) is 11.9 Å². The van der Waals surface area contributed by atoms with Gasteiger partial charge < -0.3 is 9.84 Å². The Morgan fingerprint density at radius 1 is 1.62 bits per heavy atom. The van der Waals surface area contributed by atoms with Crippen LogP contribution >= 0.6 is 0 Å². The predicted octanol–water partition coefficient (Wildman–Crippen LogP) is 0.466. The lowest BCUT2D eigenvalue weighted by Crippen LogP contribution is -2.20. The Bertz CT molecular complexity index is 276. The molecule has 1 rings (SSSR count). The number of rotatable bonds is 4. The quantitative estimate of drug-likeness (QED) is 0.732. The van der Waals surface area contributed by atoms with E-state index in [2.05, 4.69) is 9.97 Å². The number of carboxylic acid groups (broad SMARTS) is 1. The standard InChI is InChI=1S/C8H10N2O3/c1-6(8(11)12)13-5-7-9-3-2-4-10-7/h2-4,6H,5H2,1H3,(H,11,12)/t6-/m1/s1. The van der Waals surface area contributed by atoms with Gasteiger partial charge in [-0.25, -0.2) is 14.8 Å². The first-order valence-corrected chi connectivity index (χ1v) is 3.80. The number of hydrogen-bond acceptors (Lipinski definition) is 4. The zero-order valence-electron chi connectivity index (χ0n) is 7.17. The third-order valence-corrected chi connectivity index (χ3v) is 1.43. The molecular formula is C8H10N2O3. The Kier molecular flexibility index (Phi) is 3.33. The summed E-state index contributed by atoms with van der Waals surface area (Å²) in [7, 11) is 0. The van der Waals surface area contributed by atoms with Crippen LogP contribution in [-0.4, -0.2) is 27.1 Å². The van der Waals surface area contributed by atoms with Gasteiger partial charge in [-0.2, -0.15) is 0 Å². The molecule has 0 spiro atoms. The molecule has 1 aromatic heterocycles. The molecule has 5 heteroatoms. The number of nitrogens with zero attached hydrogens (tertiary/aromatic N) is 2. The molecule has 0 fully saturated rings. The van der Waals surface area contributed by atoms with Crippen molar-refractivity contribution in [2.24, 2.45) is 0 Å². The average molecular weight is 182 g/mol. The minimum atomic E-state index is -0.990. The van der Waals surface area contributed by atoms with Crippen LogP contribution in [0.2, 0.25) is 0 Å². The van der Waals surface area contributed by atoms with Gasteiger partial charge >= 0.3 is 5.97 Å². The topological polar surface area (TPSA) is 72.3 Å². The Hall–Kier alpha value is -1.49. The van der Waals surface area contributed by atoms with E-state index in [0.717, 1.165) is 0 Å². The van der Waals surface area contributed by atoms with E-state index in [9.17, 15) is 4.79 Å². The smallest absolute Gasteiger partial charge is 0.332 e. The number of carbonyl (C=O) groups is 1. The van der Waals surface area contributed by atoms with Crippen molar-refractivity contribution in [2.75, 3.05) is 0 Å². The van der Waals surface area contributed by atoms with Crippen molar-refractivity contribution in [1.29, 1.82) is 0 Å². The first-order chi connectivity index (χ1) is 6.20. The fraction of sp³-hybridized carbons (Fsp3) is 0.375. The molecule has 13 heavy (non-hydrogen) atoms. The SMILES string of the molecule is C[C@@H](OCc1ncccn1)C(=O)O. The molecule has 0 saturated carbocycles. The van der Waals surface area contributed by atoms with Gasteiger partial charge in [0.1, 0.15) is 6.61 Å². The molecule has 0 aliphatic heterocycles. The molecule has 0 saturated heterocycles. The van der Waals surface area contributed by atoms with Crippen LogP contribution in [0.1, 0.15) is 12.7 Å². The van der Waals surface area contributed by atoms with Crippen molar-refractivity contribution in [3.8, 4) is 0 Å². The first-order valence-electron chi connectivity index (χ1n) is 3.80. The van der Waals surface area contributed by atoms with E-state index in [1.54, 1.807) is 18.5 Å². The summed E-state index contributed by atoms with van der Waals surface area (Å²) in [5.41, 5.74) is 0. The summed E-state index contributed by atoms with van der Waals surface area (Å²) in [6.07, 6.45) is 2.33. The first kappa shape index (κ1) is 9.60. The van der Waals surface area contributed by atoms with Gasteiger partial charge in [-0.15, -0.1) is 0 Å². The van der Waals surface area contributed by atoms with E-state index in [4.69, 9.17) is 9.84 Å². The third kappa shape index (κ3) is 3.16. The highest BCUT2D eigenvalue weighted by Crippen LogP contribution is 1.96. The van der Waals surface area contributed by atoms with Crippen molar-refractivity contribution in [2.45, 2.75) is 19.6 Å². The molecule has 0 radical (unpaired) electrons. The van der Waals surface area contributed by atoms with Gasteiger partial charge in [-0.1, -0.05) is 0 Å². The molecular weight excluding hydrogens is 172 g/mol. The molecule has 1 N–H and O–H groups in total. The van der Waals surface area contributed by atoms with Crippen molar-refractivity contribution < 1.29 is 14.6 Å². The van der Waals surface area contributed by atoms with E-state index >= 15 is 0 Å². The second kappa shape index (κ2) is 4.51. The van der Waals surface area contributed by atoms with Crippen LogP contribution < -0.4 is 0 Å². The summed E-state index contributed by atoms with van der Waals surface area (Å²) >= 11 is 0. The van der Waals surface area contributed by atoms with Gasteiger partial charge in [0, 0.05) is 12.4 Å². The highest BCUT2D eigenvalue weighted by atomic mass is 16.5. The average Bonchev–Trinajstić information content (AvgIpc) is 2.15. The van der Waals surface area contributed by atoms with E-state index in [0.29, 0.717) is 5.82 Å². The molecule has 70 valence electrons. The number of aromatic nitrogens is 2. The molecule has 1 atom stereocenters. The summed E-state index contributed by atoms with van der Waals surface area (Å²) in [6.45, 7) is 1.58. The van der Waals surface area contributed by atoms with Crippen molar-refractivity contribution >= 4 is 5.97 Å². The van der Waals surface area contributed by atoms with Crippen LogP contribution in [0.3, 0.4) is 0 Å². The monoisotopic (exact) mass is 182 g/mol. The molecule has 1 aromatic rings. The third-order valence-electron chi connectivity index (χ3n) is 1.43. The van der Waals surface area contributed by atoms with E-state index in [1.807, 2.05) is 0 Å². The minimum absolute atomic E-state index is 0.119. The van der Waals surface area contributed by atoms with E-state index in [1.165, 1.54) is 6.92 Å². The van der Waals surface area contributed by atoms with Crippen LogP contribution in [0.25, 0.3) is 0 Å². The number of ether oxygens (including phenoxy) is 1. The fourth-order valence-corrected chi connectivity index (χ4v) is 0.675. The number of carboxylic acids is 1. The zero-order valence-corrected chi connectivity index (χ0v) is 7.17. The van der Waals surface area contributed by atoms with Gasteiger partial charge in [-0.05, 0) is 13.0 Å². The molecule has 1 heterocycles. The van der Waals surface area contributed by atoms with Gasteiger partial charge in [0.05, 0.1) is 0 Å². The lowest BCUT2D eigenvalue weighted by molar-refractivity contribution is -0.150. The highest BCUT2D eigenvalue weighted by molar-refractivity contribution is 5.71. The van der Waals surface area contributed by atoms with Gasteiger partial charge in [-0.3, -0.25) is 0 Å². The molecule has 0 bridgehead atoms. The van der Waals surface area contributed by atoms with E-state index in [-0.39, 0.29) is 6.61 Å². The molecule has 0 aromatic carbocycles. The molecule has 0 aliphatic carbocycles. The van der Waals surface area contributed by atoms with E-state index < -0.39 is 12.1 Å². The summed E-state index contributed by atoms with van der Waals surface area (Å²) in [6, 6.07) is 1.68. The second-order valence-electron chi connectivity index (χ2n) is 2.46. The summed E-state index contributed by atoms with van der Waals surface area (Å²) < 4.78 is 4.96. The maximum atomic E-state index is 10.4. The van der Waals surface area contributed by atoms with Crippen LogP contribution in [-0.2, 0) is 16.1 Å². The summed E-state index contributed by atoms with van der Waals surface area (Å²) in [4.78, 5) is 18.1. The Morgan fingerprint density at radius 3 is 2.77 bits per heavy atom. The van der Waals surface area contributed by atoms with Gasteiger partial charge in [0.25, 0.3) is 0 Å². The van der Waals surface area contributed by atoms with Crippen LogP contribution in [0.15, 0.2) is 18.5 Å². The van der Waals surface area contributed by atoms with Crippen molar-refractivity contribution in [1.82, 2.24) is 9.97 Å². The Balaban J connectivity index is 2.39. The Morgan fingerprint density at radius 2 is 2.23 bits per heavy atom. The van der Waals surface area contributed by atoms with Crippen LogP contribution in [0.4, 0.5) is 0 Å². The van der Waals surface area contributed by atoms with Crippen LogP contribution in [0.5, 0.6) is 0 Å². The lowest BCUT2D eigenvalue weighted by atomic mass is 10.4. The predicted molar refractivity (Wildman–Crippen MR) is 43.9 cm³/mol. The molecule has 0 unspecified atom stereocenters. The van der Waals surface area contributed by atoms with Crippen LogP contribution in [0, 0.1) is 0 Å². The largest absolute Gasteiger partial charge is 0.479 e. The van der Waals surface area contributed by atoms with Crippen molar-refractivity contribution in [3.63, 3.8) is 0 Å². The summed E-state index contributed by atoms with van der Waals surface area (Å²) in [5.74, 6) is -0.508. The van der Waals surface area contributed by atoms with Crippen molar-refractivity contribution in [3.05, 3.63) is 24.3 Å². The minimum Gasteiger partial charge on any atom is -0.479 e. The maximum absolute atomic E-state index is 10.4. The van der Waals surface area contributed by atoms with Gasteiger partial charge in [0.2, 0.25) is 0 Å². The number of aliphatic carboxylic acids is 1. The second-order valence-corrected chi connectivity index (χ2v) is 2.46. The highest BCUT2D eigenvalue weighted by Gasteiger charge is 2.11. The molecule has 0 aliphatic rings. The molecule has 5 nitrogen and oxygen atoms in total. The normalized spacial score (nSPS) is 12.4. The lowest BCUT2D eigenvalue weighted by Gasteiger charge is -2.06.